The summed E-state index contributed by atoms with van der Waals surface area (Å²) in [5, 5.41) is 3.34. The average Bonchev–Trinajstić information content (AvgIpc) is 3.16. The molecular weight excluding hydrogens is 424 g/mol. The summed E-state index contributed by atoms with van der Waals surface area (Å²) in [4.78, 5) is 17.0. The molecule has 1 N–H and O–H groups in total. The van der Waals surface area contributed by atoms with Crippen molar-refractivity contribution in [3.8, 4) is 17.2 Å². The highest BCUT2D eigenvalue weighted by Crippen LogP contribution is 2.33. The minimum atomic E-state index is -0.267. The van der Waals surface area contributed by atoms with E-state index in [9.17, 15) is 4.79 Å². The molecule has 6 heteroatoms. The van der Waals surface area contributed by atoms with Gasteiger partial charge >= 0.3 is 0 Å². The molecule has 0 atom stereocenters. The van der Waals surface area contributed by atoms with E-state index in [2.05, 4.69) is 30.2 Å². The van der Waals surface area contributed by atoms with Crippen molar-refractivity contribution in [2.75, 3.05) is 11.9 Å². The van der Waals surface area contributed by atoms with E-state index in [1.54, 1.807) is 18.2 Å². The summed E-state index contributed by atoms with van der Waals surface area (Å²) in [6.45, 7) is 8.15. The molecule has 0 unspecified atom stereocenters. The fourth-order valence-corrected chi connectivity index (χ4v) is 3.75. The molecule has 164 valence electrons. The zero-order valence-electron chi connectivity index (χ0n) is 18.5. The Hall–Kier alpha value is -3.31. The minimum absolute atomic E-state index is 0.0955. The Morgan fingerprint density at radius 3 is 2.53 bits per heavy atom. The lowest BCUT2D eigenvalue weighted by Gasteiger charge is -2.10. The molecule has 0 saturated carbocycles. The van der Waals surface area contributed by atoms with Gasteiger partial charge in [0.1, 0.15) is 11.3 Å². The van der Waals surface area contributed by atoms with Gasteiger partial charge in [-0.05, 0) is 78.9 Å². The van der Waals surface area contributed by atoms with Crippen LogP contribution in [0.3, 0.4) is 0 Å². The van der Waals surface area contributed by atoms with E-state index in [0.717, 1.165) is 16.6 Å². The maximum atomic E-state index is 12.4. The number of anilines is 1. The summed E-state index contributed by atoms with van der Waals surface area (Å²) >= 11 is 6.41. The van der Waals surface area contributed by atoms with Crippen LogP contribution in [0.15, 0.2) is 59.0 Å². The molecule has 0 fully saturated rings. The summed E-state index contributed by atoms with van der Waals surface area (Å²) in [6, 6.07) is 17.0. The molecule has 5 nitrogen and oxygen atoms in total. The Morgan fingerprint density at radius 1 is 1.06 bits per heavy atom. The minimum Gasteiger partial charge on any atom is -0.484 e. The largest absolute Gasteiger partial charge is 0.484 e. The second-order valence-corrected chi connectivity index (χ2v) is 8.66. The quantitative estimate of drug-likeness (QED) is 0.348. The predicted molar refractivity (Wildman–Crippen MR) is 129 cm³/mol. The summed E-state index contributed by atoms with van der Waals surface area (Å²) in [5.74, 6) is 1.21. The molecule has 0 aliphatic carbocycles. The van der Waals surface area contributed by atoms with Gasteiger partial charge in [-0.15, -0.1) is 0 Å². The van der Waals surface area contributed by atoms with Gasteiger partial charge in [-0.2, -0.15) is 0 Å². The number of halogens is 1. The van der Waals surface area contributed by atoms with Gasteiger partial charge in [0, 0.05) is 5.69 Å². The normalized spacial score (nSPS) is 11.2. The molecular formula is C26H25ClN2O3. The Kier molecular flexibility index (Phi) is 6.19. The first-order valence-corrected chi connectivity index (χ1v) is 10.9. The van der Waals surface area contributed by atoms with Gasteiger partial charge < -0.3 is 14.5 Å². The topological polar surface area (TPSA) is 64.4 Å². The predicted octanol–water partition coefficient (Wildman–Crippen LogP) is 6.91. The number of amides is 1. The highest BCUT2D eigenvalue weighted by atomic mass is 35.5. The number of aryl methyl sites for hydroxylation is 2. The van der Waals surface area contributed by atoms with Gasteiger partial charge in [0.25, 0.3) is 5.91 Å². The molecule has 1 amide bonds. The molecule has 1 heterocycles. The van der Waals surface area contributed by atoms with Crippen molar-refractivity contribution in [3.05, 3.63) is 76.3 Å². The van der Waals surface area contributed by atoms with Crippen molar-refractivity contribution in [1.29, 1.82) is 0 Å². The Bertz CT molecular complexity index is 1270. The van der Waals surface area contributed by atoms with E-state index in [0.29, 0.717) is 39.4 Å². The standard InChI is InChI=1S/C26H25ClN2O3/c1-15(2)18-5-8-24-23(12-18)29-26(32-24)21-13-19(6-7-22(21)27)28-25(30)14-31-20-10-16(3)9-17(4)11-20/h5-13,15H,14H2,1-4H3,(H,28,30). The smallest absolute Gasteiger partial charge is 0.262 e. The second kappa shape index (κ2) is 9.05. The van der Waals surface area contributed by atoms with Crippen LogP contribution < -0.4 is 10.1 Å². The van der Waals surface area contributed by atoms with Crippen LogP contribution in [0.4, 0.5) is 5.69 Å². The molecule has 0 saturated heterocycles. The highest BCUT2D eigenvalue weighted by Gasteiger charge is 2.15. The third-order valence-corrected chi connectivity index (χ3v) is 5.45. The molecule has 4 rings (SSSR count). The van der Waals surface area contributed by atoms with Crippen molar-refractivity contribution < 1.29 is 13.9 Å². The van der Waals surface area contributed by atoms with Crippen molar-refractivity contribution in [3.63, 3.8) is 0 Å². The van der Waals surface area contributed by atoms with E-state index < -0.39 is 0 Å². The third kappa shape index (κ3) is 4.94. The van der Waals surface area contributed by atoms with Crippen molar-refractivity contribution in [2.24, 2.45) is 0 Å². The number of benzene rings is 3. The molecule has 0 aliphatic heterocycles. The van der Waals surface area contributed by atoms with Gasteiger partial charge in [-0.3, -0.25) is 4.79 Å². The SMILES string of the molecule is Cc1cc(C)cc(OCC(=O)Nc2ccc(Cl)c(-c3nc4cc(C(C)C)ccc4o3)c2)c1. The van der Waals surface area contributed by atoms with E-state index in [4.69, 9.17) is 20.8 Å². The van der Waals surface area contributed by atoms with Gasteiger partial charge in [0.2, 0.25) is 5.89 Å². The molecule has 0 bridgehead atoms. The summed E-state index contributed by atoms with van der Waals surface area (Å²) in [7, 11) is 0. The van der Waals surface area contributed by atoms with Crippen LogP contribution in [0, 0.1) is 13.8 Å². The molecule has 0 spiro atoms. The van der Waals surface area contributed by atoms with Crippen LogP contribution in [0.2, 0.25) is 5.02 Å². The molecule has 4 aromatic rings. The van der Waals surface area contributed by atoms with Crippen LogP contribution in [-0.4, -0.2) is 17.5 Å². The summed E-state index contributed by atoms with van der Waals surface area (Å²) < 4.78 is 11.6. The lowest BCUT2D eigenvalue weighted by molar-refractivity contribution is -0.118. The maximum absolute atomic E-state index is 12.4. The first kappa shape index (κ1) is 21.9. The maximum Gasteiger partial charge on any atom is 0.262 e. The first-order valence-electron chi connectivity index (χ1n) is 10.5. The lowest BCUT2D eigenvalue weighted by Crippen LogP contribution is -2.20. The molecule has 0 aliphatic rings. The number of carbonyl (C=O) groups excluding carboxylic acids is 1. The first-order chi connectivity index (χ1) is 15.3. The van der Waals surface area contributed by atoms with Crippen molar-refractivity contribution >= 4 is 34.3 Å². The van der Waals surface area contributed by atoms with Crippen molar-refractivity contribution in [1.82, 2.24) is 4.98 Å². The number of aromatic nitrogens is 1. The molecule has 0 radical (unpaired) electrons. The van der Waals surface area contributed by atoms with Gasteiger partial charge in [0.15, 0.2) is 12.2 Å². The number of carbonyl (C=O) groups is 1. The Morgan fingerprint density at radius 2 is 1.81 bits per heavy atom. The number of nitrogens with one attached hydrogen (secondary N) is 1. The van der Waals surface area contributed by atoms with Gasteiger partial charge in [0.05, 0.1) is 10.6 Å². The highest BCUT2D eigenvalue weighted by molar-refractivity contribution is 6.33. The Labute approximate surface area is 192 Å². The van der Waals surface area contributed by atoms with E-state index in [1.165, 1.54) is 5.56 Å². The third-order valence-electron chi connectivity index (χ3n) is 5.12. The number of ether oxygens (including phenoxy) is 1. The van der Waals surface area contributed by atoms with Crippen LogP contribution >= 0.6 is 11.6 Å². The average molecular weight is 449 g/mol. The van der Waals surface area contributed by atoms with Crippen molar-refractivity contribution in [2.45, 2.75) is 33.6 Å². The summed E-state index contributed by atoms with van der Waals surface area (Å²) in [5.41, 5.74) is 6.03. The Balaban J connectivity index is 1.51. The van der Waals surface area contributed by atoms with Crippen LogP contribution in [0.25, 0.3) is 22.6 Å². The number of fused-ring (bicyclic) bond motifs is 1. The van der Waals surface area contributed by atoms with Crippen LogP contribution in [0.1, 0.15) is 36.5 Å². The van der Waals surface area contributed by atoms with Gasteiger partial charge in [-0.25, -0.2) is 4.98 Å². The van der Waals surface area contributed by atoms with E-state index >= 15 is 0 Å². The zero-order chi connectivity index (χ0) is 22.8. The van der Waals surface area contributed by atoms with Crippen LogP contribution in [0.5, 0.6) is 5.75 Å². The summed E-state index contributed by atoms with van der Waals surface area (Å²) in [6.07, 6.45) is 0. The fourth-order valence-electron chi connectivity index (χ4n) is 3.55. The molecule has 3 aromatic carbocycles. The zero-order valence-corrected chi connectivity index (χ0v) is 19.3. The van der Waals surface area contributed by atoms with Gasteiger partial charge in [-0.1, -0.05) is 37.6 Å². The fraction of sp³-hybridized carbons (Fsp3) is 0.231. The van der Waals surface area contributed by atoms with E-state index in [-0.39, 0.29) is 12.5 Å². The lowest BCUT2D eigenvalue weighted by atomic mass is 10.0. The number of oxazole rings is 1. The number of rotatable bonds is 6. The second-order valence-electron chi connectivity index (χ2n) is 8.26. The number of hydrogen-bond donors (Lipinski definition) is 1. The van der Waals surface area contributed by atoms with E-state index in [1.807, 2.05) is 44.2 Å². The molecule has 32 heavy (non-hydrogen) atoms. The molecule has 1 aromatic heterocycles. The monoisotopic (exact) mass is 448 g/mol. The number of nitrogens with zero attached hydrogens (tertiary/aromatic N) is 1. The number of hydrogen-bond acceptors (Lipinski definition) is 4. The van der Waals surface area contributed by atoms with Crippen LogP contribution in [-0.2, 0) is 4.79 Å².